The lowest BCUT2D eigenvalue weighted by Gasteiger charge is -2.36. The van der Waals surface area contributed by atoms with Gasteiger partial charge in [0.25, 0.3) is 0 Å². The van der Waals surface area contributed by atoms with Crippen LogP contribution in [-0.2, 0) is 0 Å². The third kappa shape index (κ3) is 2.38. The summed E-state index contributed by atoms with van der Waals surface area (Å²) in [4.78, 5) is 5.48. The molecule has 0 spiro atoms. The van der Waals surface area contributed by atoms with Gasteiger partial charge in [0, 0.05) is 24.7 Å². The van der Waals surface area contributed by atoms with E-state index >= 15 is 0 Å². The quantitative estimate of drug-likeness (QED) is 0.929. The van der Waals surface area contributed by atoms with Gasteiger partial charge in [-0.15, -0.1) is 11.3 Å². The lowest BCUT2D eigenvalue weighted by molar-refractivity contribution is 0.250. The first kappa shape index (κ1) is 13.7. The summed E-state index contributed by atoms with van der Waals surface area (Å²) >= 11 is 1.60. The molecule has 0 atom stereocenters. The van der Waals surface area contributed by atoms with Gasteiger partial charge in [0.2, 0.25) is 0 Å². The molecule has 20 heavy (non-hydrogen) atoms. The first-order chi connectivity index (χ1) is 9.61. The van der Waals surface area contributed by atoms with Gasteiger partial charge in [-0.3, -0.25) is 0 Å². The molecule has 3 rings (SSSR count). The molecule has 1 saturated heterocycles. The largest absolute Gasteiger partial charge is 0.397 e. The van der Waals surface area contributed by atoms with E-state index in [1.165, 1.54) is 36.2 Å². The van der Waals surface area contributed by atoms with E-state index in [1.54, 1.807) is 11.3 Å². The normalized spacial score (nSPS) is 20.4. The number of nitrogens with zero attached hydrogens (tertiary/aromatic N) is 3. The summed E-state index contributed by atoms with van der Waals surface area (Å²) in [7, 11) is 4.32. The molecule has 5 heteroatoms. The number of anilines is 2. The van der Waals surface area contributed by atoms with Crippen molar-refractivity contribution in [1.82, 2.24) is 4.90 Å². The Hall–Kier alpha value is -1.25. The minimum Gasteiger partial charge on any atom is -0.397 e. The second-order valence-corrected chi connectivity index (χ2v) is 7.13. The summed E-state index contributed by atoms with van der Waals surface area (Å²) in [5.41, 5.74) is 8.22. The number of piperidine rings is 1. The maximum Gasteiger partial charge on any atom is 0.130 e. The van der Waals surface area contributed by atoms with Crippen LogP contribution in [0.25, 0.3) is 0 Å². The predicted molar refractivity (Wildman–Crippen MR) is 84.3 cm³/mol. The monoisotopic (exact) mass is 290 g/mol. The number of nitrogens with two attached hydrogens (primary N) is 1. The number of rotatable bonds is 3. The molecule has 2 N–H and O–H groups in total. The van der Waals surface area contributed by atoms with Gasteiger partial charge in [0.05, 0.1) is 10.7 Å². The average molecular weight is 290 g/mol. The molecular weight excluding hydrogens is 268 g/mol. The minimum atomic E-state index is 0.606. The van der Waals surface area contributed by atoms with Gasteiger partial charge in [0.15, 0.2) is 0 Å². The van der Waals surface area contributed by atoms with E-state index < -0.39 is 0 Å². The Morgan fingerprint density at radius 2 is 1.90 bits per heavy atom. The molecule has 0 radical (unpaired) electrons. The zero-order chi connectivity index (χ0) is 14.3. The maximum atomic E-state index is 9.23. The molecule has 108 valence electrons. The van der Waals surface area contributed by atoms with E-state index in [0.29, 0.717) is 16.8 Å². The molecule has 4 nitrogen and oxygen atoms in total. The topological polar surface area (TPSA) is 56.3 Å². The summed E-state index contributed by atoms with van der Waals surface area (Å²) in [6.45, 7) is 2.15. The zero-order valence-electron chi connectivity index (χ0n) is 12.2. The summed E-state index contributed by atoms with van der Waals surface area (Å²) < 4.78 is 0. The van der Waals surface area contributed by atoms with E-state index in [1.807, 2.05) is 0 Å². The van der Waals surface area contributed by atoms with Crippen LogP contribution in [0, 0.1) is 11.3 Å². The van der Waals surface area contributed by atoms with Gasteiger partial charge in [-0.25, -0.2) is 0 Å². The lowest BCUT2D eigenvalue weighted by atomic mass is 10.0. The van der Waals surface area contributed by atoms with E-state index in [-0.39, 0.29) is 0 Å². The lowest BCUT2D eigenvalue weighted by Crippen LogP contribution is -2.41. The predicted octanol–water partition coefficient (Wildman–Crippen LogP) is 2.61. The molecule has 2 heterocycles. The van der Waals surface area contributed by atoms with Gasteiger partial charge in [0.1, 0.15) is 10.9 Å². The van der Waals surface area contributed by atoms with E-state index in [0.717, 1.165) is 18.8 Å². The van der Waals surface area contributed by atoms with Crippen LogP contribution in [0.1, 0.15) is 42.0 Å². The van der Waals surface area contributed by atoms with E-state index in [2.05, 4.69) is 30.0 Å². The average Bonchev–Trinajstić information content (AvgIpc) is 3.22. The molecule has 1 aromatic rings. The van der Waals surface area contributed by atoms with Crippen LogP contribution in [0.2, 0.25) is 0 Å². The third-order valence-electron chi connectivity index (χ3n) is 4.53. The van der Waals surface area contributed by atoms with Crippen LogP contribution in [0.15, 0.2) is 0 Å². The van der Waals surface area contributed by atoms with Crippen molar-refractivity contribution in [2.24, 2.45) is 0 Å². The Balaban J connectivity index is 1.83. The summed E-state index contributed by atoms with van der Waals surface area (Å²) in [6.07, 6.45) is 4.84. The highest BCUT2D eigenvalue weighted by molar-refractivity contribution is 7.17. The van der Waals surface area contributed by atoms with E-state index in [9.17, 15) is 5.26 Å². The fraction of sp³-hybridized carbons (Fsp3) is 0.667. The Kier molecular flexibility index (Phi) is 3.61. The molecular formula is C15H22N4S. The zero-order valence-corrected chi connectivity index (χ0v) is 13.0. The minimum absolute atomic E-state index is 0.606. The summed E-state index contributed by atoms with van der Waals surface area (Å²) in [5, 5.41) is 10.5. The fourth-order valence-corrected chi connectivity index (χ4v) is 4.27. The molecule has 0 unspecified atom stereocenters. The van der Waals surface area contributed by atoms with Gasteiger partial charge in [-0.2, -0.15) is 5.26 Å². The van der Waals surface area contributed by atoms with Crippen molar-refractivity contribution >= 4 is 22.0 Å². The highest BCUT2D eigenvalue weighted by Crippen LogP contribution is 2.52. The van der Waals surface area contributed by atoms with Gasteiger partial charge < -0.3 is 15.5 Å². The second kappa shape index (κ2) is 5.27. The first-order valence-electron chi connectivity index (χ1n) is 7.35. The molecule has 0 amide bonds. The SMILES string of the molecule is CN(C)C1CCN(c2sc(C#N)c(N)c2C2CC2)CC1. The fourth-order valence-electron chi connectivity index (χ4n) is 3.11. The Morgan fingerprint density at radius 3 is 2.40 bits per heavy atom. The van der Waals surface area contributed by atoms with Crippen LogP contribution in [-0.4, -0.2) is 38.1 Å². The van der Waals surface area contributed by atoms with Crippen LogP contribution < -0.4 is 10.6 Å². The van der Waals surface area contributed by atoms with Crippen molar-refractivity contribution in [3.63, 3.8) is 0 Å². The molecule has 1 aliphatic heterocycles. The number of nitrogen functional groups attached to an aromatic ring is 1. The van der Waals surface area contributed by atoms with Crippen molar-refractivity contribution in [3.8, 4) is 6.07 Å². The van der Waals surface area contributed by atoms with Crippen molar-refractivity contribution in [3.05, 3.63) is 10.4 Å². The van der Waals surface area contributed by atoms with Gasteiger partial charge in [-0.1, -0.05) is 0 Å². The van der Waals surface area contributed by atoms with Crippen LogP contribution in [0.4, 0.5) is 10.7 Å². The molecule has 1 aliphatic carbocycles. The highest BCUT2D eigenvalue weighted by Gasteiger charge is 2.34. The standard InChI is InChI=1S/C15H22N4S/c1-18(2)11-5-7-19(8-6-11)15-13(10-3-4-10)14(17)12(9-16)20-15/h10-11H,3-8,17H2,1-2H3. The molecule has 1 aromatic heterocycles. The van der Waals surface area contributed by atoms with Crippen LogP contribution >= 0.6 is 11.3 Å². The Labute approximate surface area is 124 Å². The van der Waals surface area contributed by atoms with Crippen LogP contribution in [0.5, 0.6) is 0 Å². The molecule has 2 fully saturated rings. The Morgan fingerprint density at radius 1 is 1.25 bits per heavy atom. The van der Waals surface area contributed by atoms with Crippen molar-refractivity contribution in [2.75, 3.05) is 37.8 Å². The van der Waals surface area contributed by atoms with Crippen molar-refractivity contribution < 1.29 is 0 Å². The third-order valence-corrected chi connectivity index (χ3v) is 5.72. The van der Waals surface area contributed by atoms with Gasteiger partial charge in [-0.05, 0) is 45.7 Å². The maximum absolute atomic E-state index is 9.23. The molecule has 0 bridgehead atoms. The Bertz CT molecular complexity index is 531. The van der Waals surface area contributed by atoms with Crippen molar-refractivity contribution in [1.29, 1.82) is 5.26 Å². The van der Waals surface area contributed by atoms with Crippen molar-refractivity contribution in [2.45, 2.75) is 37.6 Å². The summed E-state index contributed by atoms with van der Waals surface area (Å²) in [5.74, 6) is 0.606. The number of hydrogen-bond donors (Lipinski definition) is 1. The molecule has 0 aromatic carbocycles. The number of thiophene rings is 1. The first-order valence-corrected chi connectivity index (χ1v) is 8.17. The van der Waals surface area contributed by atoms with Gasteiger partial charge >= 0.3 is 0 Å². The summed E-state index contributed by atoms with van der Waals surface area (Å²) in [6, 6.07) is 2.95. The smallest absolute Gasteiger partial charge is 0.130 e. The number of nitriles is 1. The highest BCUT2D eigenvalue weighted by atomic mass is 32.1. The second-order valence-electron chi connectivity index (χ2n) is 6.13. The molecule has 1 saturated carbocycles. The number of hydrogen-bond acceptors (Lipinski definition) is 5. The van der Waals surface area contributed by atoms with E-state index in [4.69, 9.17) is 5.73 Å². The van der Waals surface area contributed by atoms with Crippen LogP contribution in [0.3, 0.4) is 0 Å². The molecule has 2 aliphatic rings.